The van der Waals surface area contributed by atoms with Crippen molar-refractivity contribution in [1.82, 2.24) is 4.98 Å². The number of aromatic nitrogens is 1. The van der Waals surface area contributed by atoms with Crippen LogP contribution in [0.15, 0.2) is 18.3 Å². The van der Waals surface area contributed by atoms with E-state index in [1.807, 2.05) is 26.1 Å². The molecule has 1 heterocycles. The van der Waals surface area contributed by atoms with Gasteiger partial charge in [-0.15, -0.1) is 0 Å². The van der Waals surface area contributed by atoms with Crippen LogP contribution in [0.4, 0.5) is 0 Å². The highest BCUT2D eigenvalue weighted by Gasteiger charge is 2.01. The molecule has 0 radical (unpaired) electrons. The Morgan fingerprint density at radius 3 is 2.75 bits per heavy atom. The van der Waals surface area contributed by atoms with Crippen molar-refractivity contribution in [3.05, 3.63) is 29.6 Å². The van der Waals surface area contributed by atoms with E-state index in [2.05, 4.69) is 11.1 Å². The molecular weight excluding hydrogens is 150 g/mol. The molecule has 0 aliphatic heterocycles. The normalized spacial score (nSPS) is 12.9. The lowest BCUT2D eigenvalue weighted by atomic mass is 10.0. The second kappa shape index (κ2) is 4.21. The summed E-state index contributed by atoms with van der Waals surface area (Å²) in [7, 11) is 0. The number of nitrogens with zero attached hydrogens (tertiary/aromatic N) is 1. The predicted molar refractivity (Wildman–Crippen MR) is 48.9 cm³/mol. The number of rotatable bonds is 3. The van der Waals surface area contributed by atoms with Crippen LogP contribution in [0.2, 0.25) is 0 Å². The van der Waals surface area contributed by atoms with Crippen molar-refractivity contribution in [1.29, 1.82) is 0 Å². The lowest BCUT2D eigenvalue weighted by Gasteiger charge is -2.06. The van der Waals surface area contributed by atoms with Crippen LogP contribution in [0.1, 0.15) is 18.2 Å². The van der Waals surface area contributed by atoms with Gasteiger partial charge in [-0.3, -0.25) is 4.98 Å². The molecule has 12 heavy (non-hydrogen) atoms. The van der Waals surface area contributed by atoms with Crippen LogP contribution in [-0.2, 0) is 6.42 Å². The van der Waals surface area contributed by atoms with Crippen molar-refractivity contribution in [2.45, 2.75) is 20.3 Å². The monoisotopic (exact) mass is 165 g/mol. The van der Waals surface area contributed by atoms with E-state index in [1.165, 1.54) is 5.56 Å². The summed E-state index contributed by atoms with van der Waals surface area (Å²) in [6.07, 6.45) is 2.78. The van der Waals surface area contributed by atoms with Crippen LogP contribution in [0.3, 0.4) is 0 Å². The highest BCUT2D eigenvalue weighted by molar-refractivity contribution is 5.13. The molecule has 1 rings (SSSR count). The first-order valence-electron chi connectivity index (χ1n) is 4.24. The standard InChI is InChI=1S/C10H15NO/c1-8(7-12)5-10-4-3-9(2)11-6-10/h3-4,6,8,12H,5,7H2,1-2H3. The van der Waals surface area contributed by atoms with Crippen LogP contribution in [0, 0.1) is 12.8 Å². The second-order valence-corrected chi connectivity index (χ2v) is 3.30. The van der Waals surface area contributed by atoms with Crippen molar-refractivity contribution in [3.63, 3.8) is 0 Å². The fraction of sp³-hybridized carbons (Fsp3) is 0.500. The maximum Gasteiger partial charge on any atom is 0.0459 e. The van der Waals surface area contributed by atoms with Crippen LogP contribution in [0.25, 0.3) is 0 Å². The molecule has 0 aliphatic rings. The van der Waals surface area contributed by atoms with Gasteiger partial charge in [-0.05, 0) is 30.9 Å². The molecular formula is C10H15NO. The van der Waals surface area contributed by atoms with Crippen molar-refractivity contribution in [2.24, 2.45) is 5.92 Å². The molecule has 0 bridgehead atoms. The third kappa shape index (κ3) is 2.62. The van der Waals surface area contributed by atoms with E-state index in [0.717, 1.165) is 12.1 Å². The highest BCUT2D eigenvalue weighted by atomic mass is 16.3. The number of hydrogen-bond donors (Lipinski definition) is 1. The van der Waals surface area contributed by atoms with Crippen LogP contribution < -0.4 is 0 Å². The van der Waals surface area contributed by atoms with E-state index < -0.39 is 0 Å². The molecule has 2 heteroatoms. The van der Waals surface area contributed by atoms with Crippen molar-refractivity contribution in [2.75, 3.05) is 6.61 Å². The Hall–Kier alpha value is -0.890. The Morgan fingerprint density at radius 1 is 1.50 bits per heavy atom. The van der Waals surface area contributed by atoms with Gasteiger partial charge in [0.15, 0.2) is 0 Å². The summed E-state index contributed by atoms with van der Waals surface area (Å²) in [5.41, 5.74) is 2.23. The number of hydrogen-bond acceptors (Lipinski definition) is 2. The predicted octanol–water partition coefficient (Wildman–Crippen LogP) is 1.56. The number of aliphatic hydroxyl groups is 1. The first-order valence-corrected chi connectivity index (χ1v) is 4.24. The number of aryl methyl sites for hydroxylation is 1. The minimum absolute atomic E-state index is 0.244. The van der Waals surface area contributed by atoms with E-state index in [1.54, 1.807) is 0 Å². The largest absolute Gasteiger partial charge is 0.396 e. The van der Waals surface area contributed by atoms with Crippen LogP contribution in [-0.4, -0.2) is 16.7 Å². The lowest BCUT2D eigenvalue weighted by molar-refractivity contribution is 0.237. The van der Waals surface area contributed by atoms with E-state index in [-0.39, 0.29) is 6.61 Å². The molecule has 1 N–H and O–H groups in total. The van der Waals surface area contributed by atoms with Gasteiger partial charge in [0.25, 0.3) is 0 Å². The third-order valence-corrected chi connectivity index (χ3v) is 1.87. The van der Waals surface area contributed by atoms with Gasteiger partial charge in [0.05, 0.1) is 0 Å². The molecule has 0 amide bonds. The lowest BCUT2D eigenvalue weighted by Crippen LogP contribution is -2.04. The minimum atomic E-state index is 0.244. The number of aliphatic hydroxyl groups excluding tert-OH is 1. The average molecular weight is 165 g/mol. The molecule has 0 aromatic carbocycles. The molecule has 0 saturated carbocycles. The van der Waals surface area contributed by atoms with E-state index in [9.17, 15) is 0 Å². The zero-order chi connectivity index (χ0) is 8.97. The minimum Gasteiger partial charge on any atom is -0.396 e. The molecule has 1 aromatic heterocycles. The van der Waals surface area contributed by atoms with E-state index in [4.69, 9.17) is 5.11 Å². The molecule has 0 fully saturated rings. The van der Waals surface area contributed by atoms with Gasteiger partial charge in [-0.25, -0.2) is 0 Å². The summed E-state index contributed by atoms with van der Waals surface area (Å²) in [5.74, 6) is 0.328. The Bertz CT molecular complexity index is 230. The topological polar surface area (TPSA) is 33.1 Å². The molecule has 2 nitrogen and oxygen atoms in total. The maximum atomic E-state index is 8.83. The van der Waals surface area contributed by atoms with E-state index in [0.29, 0.717) is 5.92 Å². The maximum absolute atomic E-state index is 8.83. The van der Waals surface area contributed by atoms with Gasteiger partial charge in [0.2, 0.25) is 0 Å². The zero-order valence-corrected chi connectivity index (χ0v) is 7.62. The zero-order valence-electron chi connectivity index (χ0n) is 7.62. The first-order chi connectivity index (χ1) is 5.72. The summed E-state index contributed by atoms with van der Waals surface area (Å²) in [6.45, 7) is 4.24. The number of pyridine rings is 1. The van der Waals surface area contributed by atoms with Crippen molar-refractivity contribution < 1.29 is 5.11 Å². The molecule has 66 valence electrons. The fourth-order valence-corrected chi connectivity index (χ4v) is 1.09. The summed E-state index contributed by atoms with van der Waals surface area (Å²) in [5, 5.41) is 8.83. The van der Waals surface area contributed by atoms with Crippen molar-refractivity contribution >= 4 is 0 Å². The average Bonchev–Trinajstić information content (AvgIpc) is 2.09. The van der Waals surface area contributed by atoms with Gasteiger partial charge in [-0.1, -0.05) is 13.0 Å². The van der Waals surface area contributed by atoms with Gasteiger partial charge in [-0.2, -0.15) is 0 Å². The van der Waals surface area contributed by atoms with E-state index >= 15 is 0 Å². The molecule has 0 aliphatic carbocycles. The van der Waals surface area contributed by atoms with Crippen LogP contribution in [0.5, 0.6) is 0 Å². The van der Waals surface area contributed by atoms with Gasteiger partial charge in [0.1, 0.15) is 0 Å². The highest BCUT2D eigenvalue weighted by Crippen LogP contribution is 2.06. The van der Waals surface area contributed by atoms with Gasteiger partial charge >= 0.3 is 0 Å². The Labute approximate surface area is 73.3 Å². The molecule has 0 saturated heterocycles. The second-order valence-electron chi connectivity index (χ2n) is 3.30. The Kier molecular flexibility index (Phi) is 3.23. The molecule has 1 unspecified atom stereocenters. The summed E-state index contributed by atoms with van der Waals surface area (Å²) >= 11 is 0. The SMILES string of the molecule is Cc1ccc(CC(C)CO)cn1. The van der Waals surface area contributed by atoms with Gasteiger partial charge < -0.3 is 5.11 Å². The Balaban J connectivity index is 2.58. The third-order valence-electron chi connectivity index (χ3n) is 1.87. The molecule has 1 atom stereocenters. The molecule has 1 aromatic rings. The molecule has 0 spiro atoms. The van der Waals surface area contributed by atoms with Crippen LogP contribution >= 0.6 is 0 Å². The fourth-order valence-electron chi connectivity index (χ4n) is 1.09. The summed E-state index contributed by atoms with van der Waals surface area (Å²) in [4.78, 5) is 4.18. The summed E-state index contributed by atoms with van der Waals surface area (Å²) < 4.78 is 0. The smallest absolute Gasteiger partial charge is 0.0459 e. The van der Waals surface area contributed by atoms with Gasteiger partial charge in [0, 0.05) is 18.5 Å². The van der Waals surface area contributed by atoms with Crippen molar-refractivity contribution in [3.8, 4) is 0 Å². The first kappa shape index (κ1) is 9.20. The Morgan fingerprint density at radius 2 is 2.25 bits per heavy atom. The quantitative estimate of drug-likeness (QED) is 0.737. The summed E-state index contributed by atoms with van der Waals surface area (Å²) in [6, 6.07) is 4.06.